The number of ether oxygens (including phenoxy) is 1. The van der Waals surface area contributed by atoms with Crippen LogP contribution in [0.2, 0.25) is 5.02 Å². The topological polar surface area (TPSA) is 35.2 Å². The third-order valence-electron chi connectivity index (χ3n) is 2.52. The van der Waals surface area contributed by atoms with Gasteiger partial charge in [0.1, 0.15) is 0 Å². The number of hydrogen-bond acceptors (Lipinski definition) is 2. The van der Waals surface area contributed by atoms with E-state index >= 15 is 0 Å². The molecule has 4 heteroatoms. The fraction of sp³-hybridized carbons (Fsp3) is 0.143. The Kier molecular flexibility index (Phi) is 4.64. The molecule has 0 aliphatic rings. The molecular weight excluding hydrogens is 314 g/mol. The number of nitrogens with two attached hydrogens (primary N) is 1. The molecular formula is C14H13BrClNO. The molecule has 0 aliphatic heterocycles. The first-order valence-corrected chi connectivity index (χ1v) is 6.69. The Morgan fingerprint density at radius 1 is 1.11 bits per heavy atom. The molecule has 0 saturated heterocycles. The van der Waals surface area contributed by atoms with Gasteiger partial charge in [-0.15, -0.1) is 0 Å². The summed E-state index contributed by atoms with van der Waals surface area (Å²) >= 11 is 9.36. The first kappa shape index (κ1) is 13.4. The summed E-state index contributed by atoms with van der Waals surface area (Å²) < 4.78 is 6.55. The van der Waals surface area contributed by atoms with Gasteiger partial charge in [-0.3, -0.25) is 0 Å². The lowest BCUT2D eigenvalue weighted by molar-refractivity contribution is 0.107. The zero-order chi connectivity index (χ0) is 13.0. The molecule has 0 bridgehead atoms. The number of nitrogen functional groups attached to an aromatic ring is 1. The Morgan fingerprint density at radius 2 is 1.89 bits per heavy atom. The lowest BCUT2D eigenvalue weighted by Gasteiger charge is -2.08. The molecule has 0 saturated carbocycles. The third kappa shape index (κ3) is 3.48. The standard InChI is InChI=1S/C14H13BrClNO/c15-14-11(4-2-6-13(14)17)9-18-8-10-3-1-5-12(16)7-10/h1-7H,8-9,17H2. The lowest BCUT2D eigenvalue weighted by Crippen LogP contribution is -1.97. The van der Waals surface area contributed by atoms with Gasteiger partial charge in [-0.05, 0) is 45.3 Å². The Hall–Kier alpha value is -1.03. The van der Waals surface area contributed by atoms with Crippen molar-refractivity contribution in [2.45, 2.75) is 13.2 Å². The molecule has 0 radical (unpaired) electrons. The van der Waals surface area contributed by atoms with Crippen LogP contribution in [0.25, 0.3) is 0 Å². The first-order valence-electron chi connectivity index (χ1n) is 5.52. The van der Waals surface area contributed by atoms with Crippen LogP contribution in [0, 0.1) is 0 Å². The van der Waals surface area contributed by atoms with E-state index in [0.29, 0.717) is 13.2 Å². The summed E-state index contributed by atoms with van der Waals surface area (Å²) in [5, 5.41) is 0.723. The summed E-state index contributed by atoms with van der Waals surface area (Å²) in [5.74, 6) is 0. The summed E-state index contributed by atoms with van der Waals surface area (Å²) in [5.41, 5.74) is 8.62. The summed E-state index contributed by atoms with van der Waals surface area (Å²) in [6, 6.07) is 13.4. The number of hydrogen-bond donors (Lipinski definition) is 1. The maximum absolute atomic E-state index is 5.91. The average Bonchev–Trinajstić information content (AvgIpc) is 2.35. The zero-order valence-corrected chi connectivity index (χ0v) is 12.0. The van der Waals surface area contributed by atoms with Gasteiger partial charge in [-0.1, -0.05) is 35.9 Å². The smallest absolute Gasteiger partial charge is 0.0733 e. The van der Waals surface area contributed by atoms with Crippen molar-refractivity contribution in [3.8, 4) is 0 Å². The van der Waals surface area contributed by atoms with Crippen LogP contribution in [0.5, 0.6) is 0 Å². The fourth-order valence-electron chi connectivity index (χ4n) is 1.62. The molecule has 0 heterocycles. The van der Waals surface area contributed by atoms with E-state index in [4.69, 9.17) is 22.1 Å². The van der Waals surface area contributed by atoms with Crippen molar-refractivity contribution in [2.24, 2.45) is 0 Å². The van der Waals surface area contributed by atoms with Crippen molar-refractivity contribution in [3.63, 3.8) is 0 Å². The van der Waals surface area contributed by atoms with Crippen LogP contribution < -0.4 is 5.73 Å². The third-order valence-corrected chi connectivity index (χ3v) is 3.73. The summed E-state index contributed by atoms with van der Waals surface area (Å²) in [6.45, 7) is 1.04. The minimum atomic E-state index is 0.512. The minimum Gasteiger partial charge on any atom is -0.398 e. The van der Waals surface area contributed by atoms with Gasteiger partial charge in [0.2, 0.25) is 0 Å². The molecule has 0 aromatic heterocycles. The van der Waals surface area contributed by atoms with Gasteiger partial charge in [0.25, 0.3) is 0 Å². The van der Waals surface area contributed by atoms with Gasteiger partial charge in [0.15, 0.2) is 0 Å². The monoisotopic (exact) mass is 325 g/mol. The molecule has 0 amide bonds. The van der Waals surface area contributed by atoms with E-state index in [1.807, 2.05) is 42.5 Å². The Bertz CT molecular complexity index is 545. The van der Waals surface area contributed by atoms with E-state index in [0.717, 1.165) is 26.3 Å². The van der Waals surface area contributed by atoms with E-state index in [1.165, 1.54) is 0 Å². The van der Waals surface area contributed by atoms with Crippen molar-refractivity contribution in [1.82, 2.24) is 0 Å². The van der Waals surface area contributed by atoms with Crippen LogP contribution in [-0.2, 0) is 18.0 Å². The predicted octanol–water partition coefficient (Wildman–Crippen LogP) is 4.40. The molecule has 2 aromatic carbocycles. The highest BCUT2D eigenvalue weighted by Crippen LogP contribution is 2.24. The van der Waals surface area contributed by atoms with Gasteiger partial charge in [-0.2, -0.15) is 0 Å². The molecule has 0 spiro atoms. The largest absolute Gasteiger partial charge is 0.398 e. The predicted molar refractivity (Wildman–Crippen MR) is 78.5 cm³/mol. The number of rotatable bonds is 4. The first-order chi connectivity index (χ1) is 8.66. The van der Waals surface area contributed by atoms with Gasteiger partial charge in [0.05, 0.1) is 13.2 Å². The number of halogens is 2. The second kappa shape index (κ2) is 6.23. The van der Waals surface area contributed by atoms with E-state index in [9.17, 15) is 0 Å². The second-order valence-corrected chi connectivity index (χ2v) is 5.17. The average molecular weight is 327 g/mol. The molecule has 18 heavy (non-hydrogen) atoms. The fourth-order valence-corrected chi connectivity index (χ4v) is 2.21. The molecule has 0 fully saturated rings. The van der Waals surface area contributed by atoms with E-state index in [-0.39, 0.29) is 0 Å². The minimum absolute atomic E-state index is 0.512. The van der Waals surface area contributed by atoms with Gasteiger partial charge < -0.3 is 10.5 Å². The highest BCUT2D eigenvalue weighted by molar-refractivity contribution is 9.10. The van der Waals surface area contributed by atoms with Crippen LogP contribution in [0.1, 0.15) is 11.1 Å². The van der Waals surface area contributed by atoms with Crippen LogP contribution in [0.4, 0.5) is 5.69 Å². The highest BCUT2D eigenvalue weighted by atomic mass is 79.9. The zero-order valence-electron chi connectivity index (χ0n) is 9.70. The Labute approximate surface area is 120 Å². The van der Waals surface area contributed by atoms with Crippen LogP contribution in [0.15, 0.2) is 46.9 Å². The highest BCUT2D eigenvalue weighted by Gasteiger charge is 2.03. The molecule has 0 unspecified atom stereocenters. The van der Waals surface area contributed by atoms with Crippen LogP contribution in [0.3, 0.4) is 0 Å². The van der Waals surface area contributed by atoms with Crippen molar-refractivity contribution in [3.05, 3.63) is 63.1 Å². The van der Waals surface area contributed by atoms with Gasteiger partial charge in [-0.25, -0.2) is 0 Å². The van der Waals surface area contributed by atoms with Crippen molar-refractivity contribution < 1.29 is 4.74 Å². The molecule has 0 atom stereocenters. The summed E-state index contributed by atoms with van der Waals surface area (Å²) in [6.07, 6.45) is 0. The summed E-state index contributed by atoms with van der Waals surface area (Å²) in [4.78, 5) is 0. The molecule has 2 aromatic rings. The van der Waals surface area contributed by atoms with E-state index in [1.54, 1.807) is 0 Å². The number of anilines is 1. The Morgan fingerprint density at radius 3 is 2.67 bits per heavy atom. The lowest BCUT2D eigenvalue weighted by atomic mass is 10.2. The van der Waals surface area contributed by atoms with E-state index < -0.39 is 0 Å². The van der Waals surface area contributed by atoms with E-state index in [2.05, 4.69) is 15.9 Å². The second-order valence-electron chi connectivity index (χ2n) is 3.94. The van der Waals surface area contributed by atoms with Gasteiger partial charge >= 0.3 is 0 Å². The Balaban J connectivity index is 1.94. The van der Waals surface area contributed by atoms with Crippen molar-refractivity contribution in [2.75, 3.05) is 5.73 Å². The molecule has 2 rings (SSSR count). The van der Waals surface area contributed by atoms with Crippen molar-refractivity contribution in [1.29, 1.82) is 0 Å². The maximum atomic E-state index is 5.91. The molecule has 0 aliphatic carbocycles. The molecule has 2 nitrogen and oxygen atoms in total. The van der Waals surface area contributed by atoms with Crippen LogP contribution >= 0.6 is 27.5 Å². The summed E-state index contributed by atoms with van der Waals surface area (Å²) in [7, 11) is 0. The van der Waals surface area contributed by atoms with Crippen molar-refractivity contribution >= 4 is 33.2 Å². The maximum Gasteiger partial charge on any atom is 0.0733 e. The normalized spacial score (nSPS) is 10.6. The van der Waals surface area contributed by atoms with Crippen LogP contribution in [-0.4, -0.2) is 0 Å². The molecule has 2 N–H and O–H groups in total. The SMILES string of the molecule is Nc1cccc(COCc2cccc(Cl)c2)c1Br. The number of benzene rings is 2. The molecule has 94 valence electrons. The quantitative estimate of drug-likeness (QED) is 0.845. The van der Waals surface area contributed by atoms with Gasteiger partial charge in [0, 0.05) is 15.2 Å².